The van der Waals surface area contributed by atoms with Crippen molar-refractivity contribution in [2.75, 3.05) is 32.7 Å². The molecule has 0 bridgehead atoms. The van der Waals surface area contributed by atoms with Crippen LogP contribution in [0.25, 0.3) is 0 Å². The van der Waals surface area contributed by atoms with Crippen molar-refractivity contribution in [3.8, 4) is 0 Å². The van der Waals surface area contributed by atoms with Gasteiger partial charge in [-0.15, -0.1) is 0 Å². The Hall–Kier alpha value is -0.340. The lowest BCUT2D eigenvalue weighted by molar-refractivity contribution is 0.108. The lowest BCUT2D eigenvalue weighted by Gasteiger charge is -2.39. The van der Waals surface area contributed by atoms with E-state index < -0.39 is 0 Å². The first-order valence-electron chi connectivity index (χ1n) is 8.18. The van der Waals surface area contributed by atoms with E-state index >= 15 is 0 Å². The Morgan fingerprint density at radius 1 is 1.05 bits per heavy atom. The fourth-order valence-electron chi connectivity index (χ4n) is 3.63. The van der Waals surface area contributed by atoms with Crippen molar-refractivity contribution in [2.45, 2.75) is 52.5 Å². The minimum absolute atomic E-state index is 0.729. The summed E-state index contributed by atoms with van der Waals surface area (Å²) >= 11 is 0. The van der Waals surface area contributed by atoms with Crippen LogP contribution in [0.4, 0.5) is 0 Å². The summed E-state index contributed by atoms with van der Waals surface area (Å²) in [5.74, 6) is 1.73. The molecule has 0 radical (unpaired) electrons. The maximum absolute atomic E-state index is 4.12. The quantitative estimate of drug-likeness (QED) is 0.718. The Bertz CT molecular complexity index is 282. The summed E-state index contributed by atoms with van der Waals surface area (Å²) in [6.07, 6.45) is 5.47. The van der Waals surface area contributed by atoms with Crippen molar-refractivity contribution in [3.05, 3.63) is 12.2 Å². The molecule has 0 atom stereocenters. The van der Waals surface area contributed by atoms with Crippen LogP contribution in [0.2, 0.25) is 0 Å². The molecule has 2 fully saturated rings. The van der Waals surface area contributed by atoms with Crippen molar-refractivity contribution in [1.29, 1.82) is 0 Å². The number of rotatable bonds is 4. The Labute approximate surface area is 119 Å². The first-order chi connectivity index (χ1) is 9.06. The van der Waals surface area contributed by atoms with E-state index in [0.717, 1.165) is 17.9 Å². The molecule has 2 saturated heterocycles. The van der Waals surface area contributed by atoms with Gasteiger partial charge < -0.3 is 9.80 Å². The predicted octanol–water partition coefficient (Wildman–Crippen LogP) is 3.39. The summed E-state index contributed by atoms with van der Waals surface area (Å²) in [6, 6.07) is 0.729. The van der Waals surface area contributed by atoms with Crippen molar-refractivity contribution in [3.63, 3.8) is 0 Å². The van der Waals surface area contributed by atoms with Crippen molar-refractivity contribution in [2.24, 2.45) is 11.8 Å². The molecule has 19 heavy (non-hydrogen) atoms. The molecule has 2 heterocycles. The van der Waals surface area contributed by atoms with E-state index in [1.54, 1.807) is 0 Å². The van der Waals surface area contributed by atoms with E-state index in [1.165, 1.54) is 64.0 Å². The van der Waals surface area contributed by atoms with Crippen molar-refractivity contribution < 1.29 is 0 Å². The minimum atomic E-state index is 0.729. The van der Waals surface area contributed by atoms with E-state index in [1.807, 2.05) is 0 Å². The van der Waals surface area contributed by atoms with Gasteiger partial charge in [-0.25, -0.2) is 0 Å². The summed E-state index contributed by atoms with van der Waals surface area (Å²) in [5, 5.41) is 0. The molecule has 110 valence electrons. The molecule has 0 aliphatic carbocycles. The molecule has 0 amide bonds. The van der Waals surface area contributed by atoms with Gasteiger partial charge in [-0.3, -0.25) is 0 Å². The summed E-state index contributed by atoms with van der Waals surface area (Å²) in [7, 11) is 0. The Morgan fingerprint density at radius 2 is 1.63 bits per heavy atom. The third-order valence-corrected chi connectivity index (χ3v) is 5.18. The molecule has 0 unspecified atom stereocenters. The maximum Gasteiger partial charge on any atom is 0.00385 e. The second kappa shape index (κ2) is 6.90. The number of hydrogen-bond acceptors (Lipinski definition) is 2. The predicted molar refractivity (Wildman–Crippen MR) is 83.4 cm³/mol. The number of piperidine rings is 2. The molecule has 2 aliphatic heterocycles. The number of likely N-dealkylation sites (tertiary alicyclic amines) is 2. The van der Waals surface area contributed by atoms with Gasteiger partial charge in [0.15, 0.2) is 0 Å². The highest BCUT2D eigenvalue weighted by molar-refractivity contribution is 4.98. The molecule has 0 spiro atoms. The lowest BCUT2D eigenvalue weighted by Crippen LogP contribution is -2.43. The van der Waals surface area contributed by atoms with Gasteiger partial charge in [0, 0.05) is 12.6 Å². The van der Waals surface area contributed by atoms with Crippen LogP contribution in [0, 0.1) is 11.8 Å². The van der Waals surface area contributed by atoms with E-state index in [2.05, 4.69) is 37.1 Å². The molecule has 0 aromatic rings. The summed E-state index contributed by atoms with van der Waals surface area (Å²) in [6.45, 7) is 17.5. The third-order valence-electron chi connectivity index (χ3n) is 5.18. The molecular formula is C17H32N2. The molecule has 2 aliphatic rings. The number of allylic oxidation sites excluding steroid dienone is 1. The van der Waals surface area contributed by atoms with Crippen LogP contribution in [0.1, 0.15) is 46.5 Å². The monoisotopic (exact) mass is 264 g/mol. The first kappa shape index (κ1) is 15.1. The molecule has 2 nitrogen and oxygen atoms in total. The zero-order valence-electron chi connectivity index (χ0n) is 13.2. The van der Waals surface area contributed by atoms with E-state index in [9.17, 15) is 0 Å². The van der Waals surface area contributed by atoms with Gasteiger partial charge in [0.25, 0.3) is 0 Å². The fourth-order valence-corrected chi connectivity index (χ4v) is 3.63. The molecule has 2 rings (SSSR count). The van der Waals surface area contributed by atoms with Crippen molar-refractivity contribution >= 4 is 0 Å². The summed E-state index contributed by atoms with van der Waals surface area (Å²) in [4.78, 5) is 5.33. The largest absolute Gasteiger partial charge is 0.303 e. The Morgan fingerprint density at radius 3 is 2.11 bits per heavy atom. The average molecular weight is 264 g/mol. The van der Waals surface area contributed by atoms with Gasteiger partial charge in [-0.2, -0.15) is 0 Å². The van der Waals surface area contributed by atoms with Crippen molar-refractivity contribution in [1.82, 2.24) is 9.80 Å². The molecule has 0 N–H and O–H groups in total. The maximum atomic E-state index is 4.12. The Balaban J connectivity index is 1.68. The smallest absolute Gasteiger partial charge is 0.00385 e. The normalized spacial score (nSPS) is 25.1. The fraction of sp³-hybridized carbons (Fsp3) is 0.882. The third kappa shape index (κ3) is 4.32. The van der Waals surface area contributed by atoms with Crippen LogP contribution in [0.15, 0.2) is 12.2 Å². The van der Waals surface area contributed by atoms with Gasteiger partial charge >= 0.3 is 0 Å². The van der Waals surface area contributed by atoms with Gasteiger partial charge in [-0.1, -0.05) is 12.2 Å². The van der Waals surface area contributed by atoms with Gasteiger partial charge in [0.05, 0.1) is 0 Å². The van der Waals surface area contributed by atoms with Crippen LogP contribution in [0.5, 0.6) is 0 Å². The minimum Gasteiger partial charge on any atom is -0.303 e. The van der Waals surface area contributed by atoms with Crippen LogP contribution < -0.4 is 0 Å². The van der Waals surface area contributed by atoms with Gasteiger partial charge in [0.1, 0.15) is 0 Å². The Kier molecular flexibility index (Phi) is 5.47. The van der Waals surface area contributed by atoms with E-state index in [-0.39, 0.29) is 0 Å². The highest BCUT2D eigenvalue weighted by atomic mass is 15.2. The standard InChI is InChI=1S/C17H32N2/c1-14(2)17-7-9-18(10-8-17)13-16-5-11-19(12-6-16)15(3)4/h15-17H,1,5-13H2,2-4H3. The van der Waals surface area contributed by atoms with E-state index in [0.29, 0.717) is 0 Å². The highest BCUT2D eigenvalue weighted by Gasteiger charge is 2.25. The SMILES string of the molecule is C=C(C)C1CCN(CC2CCN(C(C)C)CC2)CC1. The highest BCUT2D eigenvalue weighted by Crippen LogP contribution is 2.26. The van der Waals surface area contributed by atoms with Crippen LogP contribution in [-0.2, 0) is 0 Å². The zero-order valence-corrected chi connectivity index (χ0v) is 13.2. The van der Waals surface area contributed by atoms with Crippen LogP contribution in [-0.4, -0.2) is 48.6 Å². The molecule has 0 saturated carbocycles. The van der Waals surface area contributed by atoms with Crippen LogP contribution >= 0.6 is 0 Å². The molecule has 2 heteroatoms. The lowest BCUT2D eigenvalue weighted by atomic mass is 9.89. The van der Waals surface area contributed by atoms with Gasteiger partial charge in [0.2, 0.25) is 0 Å². The van der Waals surface area contributed by atoms with Gasteiger partial charge in [-0.05, 0) is 84.5 Å². The molecule has 0 aromatic carbocycles. The molecule has 0 aromatic heterocycles. The second-order valence-corrected chi connectivity index (χ2v) is 6.99. The van der Waals surface area contributed by atoms with Crippen LogP contribution in [0.3, 0.4) is 0 Å². The zero-order chi connectivity index (χ0) is 13.8. The number of hydrogen-bond donors (Lipinski definition) is 0. The van der Waals surface area contributed by atoms with E-state index in [4.69, 9.17) is 0 Å². The first-order valence-corrected chi connectivity index (χ1v) is 8.18. The topological polar surface area (TPSA) is 6.48 Å². The summed E-state index contributed by atoms with van der Waals surface area (Å²) < 4.78 is 0. The second-order valence-electron chi connectivity index (χ2n) is 6.99. The molecular weight excluding hydrogens is 232 g/mol. The average Bonchev–Trinajstić information content (AvgIpc) is 2.40. The number of nitrogens with zero attached hydrogens (tertiary/aromatic N) is 2. The summed E-state index contributed by atoms with van der Waals surface area (Å²) in [5.41, 5.74) is 1.39.